The molecule has 33 heavy (non-hydrogen) atoms. The largest absolute Gasteiger partial charge is 0.338 e. The minimum absolute atomic E-state index is 0.0751. The number of halogens is 2. The van der Waals surface area contributed by atoms with Gasteiger partial charge in [0, 0.05) is 44.1 Å². The predicted octanol–water partition coefficient (Wildman–Crippen LogP) is 4.32. The van der Waals surface area contributed by atoms with Gasteiger partial charge in [-0.05, 0) is 47.5 Å². The molecule has 8 heteroatoms. The van der Waals surface area contributed by atoms with Crippen molar-refractivity contribution in [1.82, 2.24) is 24.9 Å². The minimum Gasteiger partial charge on any atom is -0.338 e. The first-order valence-corrected chi connectivity index (χ1v) is 10.9. The van der Waals surface area contributed by atoms with Crippen molar-refractivity contribution < 1.29 is 13.3 Å². The molecule has 0 spiro atoms. The summed E-state index contributed by atoms with van der Waals surface area (Å²) in [5.74, 6) is 0.554. The quantitative estimate of drug-likeness (QED) is 0.439. The smallest absolute Gasteiger partial charge is 0.241 e. The highest BCUT2D eigenvalue weighted by molar-refractivity contribution is 5.51. The van der Waals surface area contributed by atoms with Gasteiger partial charge < -0.3 is 4.52 Å². The van der Waals surface area contributed by atoms with E-state index in [1.165, 1.54) is 24.3 Å². The van der Waals surface area contributed by atoms with E-state index in [4.69, 9.17) is 4.52 Å². The fourth-order valence-corrected chi connectivity index (χ4v) is 4.21. The first kappa shape index (κ1) is 21.4. The van der Waals surface area contributed by atoms with E-state index >= 15 is 0 Å². The van der Waals surface area contributed by atoms with E-state index in [0.717, 1.165) is 42.9 Å². The molecular formula is C25H23F2N5O. The number of pyridine rings is 1. The Balaban J connectivity index is 1.27. The molecule has 168 valence electrons. The fraction of sp³-hybridized carbons (Fsp3) is 0.240. The van der Waals surface area contributed by atoms with Crippen LogP contribution in [0.15, 0.2) is 77.6 Å². The second kappa shape index (κ2) is 9.56. The van der Waals surface area contributed by atoms with Gasteiger partial charge in [0.05, 0.1) is 12.6 Å². The summed E-state index contributed by atoms with van der Waals surface area (Å²) in [6.45, 7) is 3.78. The second-order valence-corrected chi connectivity index (χ2v) is 8.07. The lowest BCUT2D eigenvalue weighted by Gasteiger charge is -2.39. The van der Waals surface area contributed by atoms with Crippen LogP contribution in [0.1, 0.15) is 23.1 Å². The van der Waals surface area contributed by atoms with Crippen molar-refractivity contribution in [2.45, 2.75) is 12.6 Å². The summed E-state index contributed by atoms with van der Waals surface area (Å²) in [4.78, 5) is 13.2. The normalized spacial score (nSPS) is 15.2. The van der Waals surface area contributed by atoms with Crippen molar-refractivity contribution in [1.29, 1.82) is 0 Å². The third kappa shape index (κ3) is 4.97. The Morgan fingerprint density at radius 3 is 2.06 bits per heavy atom. The van der Waals surface area contributed by atoms with E-state index in [1.54, 1.807) is 36.7 Å². The van der Waals surface area contributed by atoms with Crippen LogP contribution in [0.3, 0.4) is 0 Å². The molecule has 0 aliphatic carbocycles. The number of nitrogens with zero attached hydrogens (tertiary/aromatic N) is 5. The number of aromatic nitrogens is 3. The molecule has 2 aromatic carbocycles. The summed E-state index contributed by atoms with van der Waals surface area (Å²) in [6, 6.07) is 16.7. The summed E-state index contributed by atoms with van der Waals surface area (Å²) in [5, 5.41) is 4.06. The molecule has 0 unspecified atom stereocenters. The number of piperazine rings is 1. The molecule has 5 rings (SSSR count). The summed E-state index contributed by atoms with van der Waals surface area (Å²) in [7, 11) is 0. The highest BCUT2D eigenvalue weighted by atomic mass is 19.1. The topological polar surface area (TPSA) is 58.3 Å². The van der Waals surface area contributed by atoms with Crippen LogP contribution in [0.4, 0.5) is 8.78 Å². The Bertz CT molecular complexity index is 1130. The second-order valence-electron chi connectivity index (χ2n) is 8.07. The summed E-state index contributed by atoms with van der Waals surface area (Å²) in [6.07, 6.45) is 3.41. The Kier molecular flexibility index (Phi) is 6.19. The van der Waals surface area contributed by atoms with E-state index < -0.39 is 0 Å². The van der Waals surface area contributed by atoms with Crippen LogP contribution in [-0.2, 0) is 6.54 Å². The van der Waals surface area contributed by atoms with Crippen molar-refractivity contribution in [3.63, 3.8) is 0 Å². The van der Waals surface area contributed by atoms with Gasteiger partial charge in [0.2, 0.25) is 11.7 Å². The molecule has 1 aliphatic rings. The zero-order valence-corrected chi connectivity index (χ0v) is 17.9. The van der Waals surface area contributed by atoms with Crippen molar-refractivity contribution in [3.8, 4) is 11.4 Å². The van der Waals surface area contributed by atoms with E-state index in [9.17, 15) is 8.78 Å². The van der Waals surface area contributed by atoms with Gasteiger partial charge in [-0.3, -0.25) is 14.8 Å². The molecule has 0 amide bonds. The highest BCUT2D eigenvalue weighted by Crippen LogP contribution is 2.30. The molecule has 0 radical (unpaired) electrons. The Morgan fingerprint density at radius 2 is 1.48 bits per heavy atom. The van der Waals surface area contributed by atoms with Gasteiger partial charge in [-0.15, -0.1) is 0 Å². The highest BCUT2D eigenvalue weighted by Gasteiger charge is 2.27. The van der Waals surface area contributed by atoms with Crippen molar-refractivity contribution >= 4 is 0 Å². The summed E-state index contributed by atoms with van der Waals surface area (Å²) < 4.78 is 32.5. The molecule has 2 aromatic heterocycles. The SMILES string of the molecule is Fc1ccc(C(c2ccc(F)cc2)N2CCN(Cc3nc(-c4cccnc4)no3)CC2)cc1. The maximum atomic E-state index is 13.5. The average molecular weight is 447 g/mol. The average Bonchev–Trinajstić information content (AvgIpc) is 3.32. The van der Waals surface area contributed by atoms with Gasteiger partial charge >= 0.3 is 0 Å². The lowest BCUT2D eigenvalue weighted by Crippen LogP contribution is -2.47. The maximum absolute atomic E-state index is 13.5. The lowest BCUT2D eigenvalue weighted by atomic mass is 9.96. The Labute approximate surface area is 190 Å². The summed E-state index contributed by atoms with van der Waals surface area (Å²) >= 11 is 0. The van der Waals surface area contributed by atoms with Crippen LogP contribution in [0.2, 0.25) is 0 Å². The predicted molar refractivity (Wildman–Crippen MR) is 119 cm³/mol. The molecule has 0 saturated carbocycles. The number of benzene rings is 2. The lowest BCUT2D eigenvalue weighted by molar-refractivity contribution is 0.0966. The molecule has 1 saturated heterocycles. The van der Waals surface area contributed by atoms with Crippen molar-refractivity contribution in [2.24, 2.45) is 0 Å². The molecular weight excluding hydrogens is 424 g/mol. The third-order valence-corrected chi connectivity index (χ3v) is 5.89. The molecule has 4 aromatic rings. The first-order chi connectivity index (χ1) is 16.2. The molecule has 0 N–H and O–H groups in total. The van der Waals surface area contributed by atoms with E-state index in [0.29, 0.717) is 18.3 Å². The van der Waals surface area contributed by atoms with Gasteiger partial charge in [-0.1, -0.05) is 29.4 Å². The molecule has 0 atom stereocenters. The van der Waals surface area contributed by atoms with Crippen LogP contribution in [-0.4, -0.2) is 51.1 Å². The molecule has 3 heterocycles. The standard InChI is InChI=1S/C25H23F2N5O/c26-21-7-3-18(4-8-21)24(19-5-9-22(27)10-6-19)32-14-12-31(13-15-32)17-23-29-25(30-33-23)20-2-1-11-28-16-20/h1-11,16,24H,12-15,17H2. The Morgan fingerprint density at radius 1 is 0.848 bits per heavy atom. The van der Waals surface area contributed by atoms with Gasteiger partial charge in [-0.25, -0.2) is 8.78 Å². The van der Waals surface area contributed by atoms with Crippen molar-refractivity contribution in [3.05, 3.63) is 102 Å². The van der Waals surface area contributed by atoms with Crippen LogP contribution in [0.5, 0.6) is 0 Å². The van der Waals surface area contributed by atoms with Gasteiger partial charge in [0.1, 0.15) is 11.6 Å². The fourth-order valence-electron chi connectivity index (χ4n) is 4.21. The van der Waals surface area contributed by atoms with Crippen LogP contribution in [0, 0.1) is 11.6 Å². The number of rotatable bonds is 6. The summed E-state index contributed by atoms with van der Waals surface area (Å²) in [5.41, 5.74) is 2.78. The third-order valence-electron chi connectivity index (χ3n) is 5.89. The van der Waals surface area contributed by atoms with Crippen molar-refractivity contribution in [2.75, 3.05) is 26.2 Å². The molecule has 1 aliphatic heterocycles. The van der Waals surface area contributed by atoms with Crippen LogP contribution in [0.25, 0.3) is 11.4 Å². The molecule has 0 bridgehead atoms. The number of hydrogen-bond acceptors (Lipinski definition) is 6. The Hall–Kier alpha value is -3.49. The zero-order valence-electron chi connectivity index (χ0n) is 17.9. The monoisotopic (exact) mass is 447 g/mol. The number of hydrogen-bond donors (Lipinski definition) is 0. The van der Waals surface area contributed by atoms with Gasteiger partial charge in [0.15, 0.2) is 0 Å². The first-order valence-electron chi connectivity index (χ1n) is 10.9. The van der Waals surface area contributed by atoms with E-state index in [2.05, 4.69) is 24.9 Å². The van der Waals surface area contributed by atoms with Gasteiger partial charge in [-0.2, -0.15) is 4.98 Å². The minimum atomic E-state index is -0.272. The molecule has 1 fully saturated rings. The van der Waals surface area contributed by atoms with E-state index in [1.807, 2.05) is 12.1 Å². The van der Waals surface area contributed by atoms with Crippen LogP contribution >= 0.6 is 0 Å². The van der Waals surface area contributed by atoms with Crippen LogP contribution < -0.4 is 0 Å². The van der Waals surface area contributed by atoms with Gasteiger partial charge in [0.25, 0.3) is 0 Å². The molecule has 6 nitrogen and oxygen atoms in total. The maximum Gasteiger partial charge on any atom is 0.241 e. The van der Waals surface area contributed by atoms with E-state index in [-0.39, 0.29) is 17.7 Å². The zero-order chi connectivity index (χ0) is 22.6.